The van der Waals surface area contributed by atoms with E-state index in [0.717, 1.165) is 18.7 Å². The first kappa shape index (κ1) is 20.3. The zero-order valence-electron chi connectivity index (χ0n) is 15.8. The van der Waals surface area contributed by atoms with E-state index in [9.17, 15) is 22.7 Å². The van der Waals surface area contributed by atoms with Gasteiger partial charge in [0.25, 0.3) is 0 Å². The molecule has 2 fully saturated rings. The third-order valence-electron chi connectivity index (χ3n) is 5.90. The number of morpholine rings is 1. The Hall–Kier alpha value is -1.96. The van der Waals surface area contributed by atoms with Gasteiger partial charge in [0.05, 0.1) is 24.4 Å². The molecule has 0 aliphatic carbocycles. The molecule has 1 N–H and O–H groups in total. The second-order valence-electron chi connectivity index (χ2n) is 8.12. The molecular formula is C22H23F4NO2. The monoisotopic (exact) mass is 409 g/mol. The van der Waals surface area contributed by atoms with Crippen LogP contribution in [-0.2, 0) is 23.9 Å². The third kappa shape index (κ3) is 4.47. The minimum atomic E-state index is -4.59. The lowest BCUT2D eigenvalue weighted by Crippen LogP contribution is -2.61. The molecule has 2 unspecified atom stereocenters. The zero-order chi connectivity index (χ0) is 20.6. The first-order valence-corrected chi connectivity index (χ1v) is 9.69. The van der Waals surface area contributed by atoms with Gasteiger partial charge in [-0.25, -0.2) is 4.39 Å². The van der Waals surface area contributed by atoms with Crippen molar-refractivity contribution in [2.75, 3.05) is 13.2 Å². The molecule has 0 aromatic heterocycles. The molecule has 0 radical (unpaired) electrons. The number of aliphatic hydroxyl groups is 1. The van der Waals surface area contributed by atoms with Crippen LogP contribution in [0.5, 0.6) is 0 Å². The quantitative estimate of drug-likeness (QED) is 0.769. The Kier molecular flexibility index (Phi) is 5.40. The number of ether oxygens (including phenoxy) is 1. The third-order valence-corrected chi connectivity index (χ3v) is 5.90. The highest BCUT2D eigenvalue weighted by Crippen LogP contribution is 2.38. The van der Waals surface area contributed by atoms with Crippen LogP contribution in [0.2, 0.25) is 0 Å². The predicted molar refractivity (Wildman–Crippen MR) is 99.7 cm³/mol. The molecule has 3 nitrogen and oxygen atoms in total. The van der Waals surface area contributed by atoms with Crippen molar-refractivity contribution in [3.63, 3.8) is 0 Å². The molecule has 2 saturated heterocycles. The Morgan fingerprint density at radius 2 is 1.69 bits per heavy atom. The molecule has 2 bridgehead atoms. The standard InChI is InChI=1S/C22H23F4NO2/c23-20-8-17(22(24,25)26)7-6-16(20)9-21(28)10-18-13-29-14-19(11-21)27(18)12-15-4-2-1-3-5-15/h1-8,18-19,28H,9-14H2. The van der Waals surface area contributed by atoms with Gasteiger partial charge in [0.1, 0.15) is 5.82 Å². The molecule has 0 spiro atoms. The number of piperidine rings is 1. The Morgan fingerprint density at radius 1 is 1.03 bits per heavy atom. The number of alkyl halides is 3. The molecule has 2 aliphatic rings. The minimum absolute atomic E-state index is 0.0108. The van der Waals surface area contributed by atoms with E-state index < -0.39 is 23.2 Å². The molecule has 0 amide bonds. The van der Waals surface area contributed by atoms with Crippen LogP contribution in [0.4, 0.5) is 17.6 Å². The van der Waals surface area contributed by atoms with Crippen LogP contribution in [0.15, 0.2) is 48.5 Å². The number of benzene rings is 2. The molecule has 2 atom stereocenters. The molecule has 4 rings (SSSR count). The van der Waals surface area contributed by atoms with Gasteiger partial charge in [-0.3, -0.25) is 4.90 Å². The van der Waals surface area contributed by atoms with Gasteiger partial charge >= 0.3 is 6.18 Å². The molecule has 29 heavy (non-hydrogen) atoms. The smallest absolute Gasteiger partial charge is 0.389 e. The van der Waals surface area contributed by atoms with E-state index in [1.54, 1.807) is 0 Å². The second-order valence-corrected chi connectivity index (χ2v) is 8.12. The summed E-state index contributed by atoms with van der Waals surface area (Å²) in [6.07, 6.45) is -3.83. The van der Waals surface area contributed by atoms with E-state index in [1.807, 2.05) is 18.2 Å². The average molecular weight is 409 g/mol. The molecule has 2 heterocycles. The van der Waals surface area contributed by atoms with Crippen molar-refractivity contribution in [3.05, 3.63) is 71.0 Å². The van der Waals surface area contributed by atoms with Crippen molar-refractivity contribution in [3.8, 4) is 0 Å². The van der Waals surface area contributed by atoms with Gasteiger partial charge in [-0.05, 0) is 36.1 Å². The number of halogens is 4. The van der Waals surface area contributed by atoms with Crippen LogP contribution in [0.1, 0.15) is 29.5 Å². The van der Waals surface area contributed by atoms with Crippen molar-refractivity contribution < 1.29 is 27.4 Å². The van der Waals surface area contributed by atoms with Crippen LogP contribution in [0.25, 0.3) is 0 Å². The highest BCUT2D eigenvalue weighted by molar-refractivity contribution is 5.28. The summed E-state index contributed by atoms with van der Waals surface area (Å²) < 4.78 is 58.3. The van der Waals surface area contributed by atoms with Gasteiger partial charge in [-0.15, -0.1) is 0 Å². The fraction of sp³-hybridized carbons (Fsp3) is 0.455. The van der Waals surface area contributed by atoms with Gasteiger partial charge in [0.2, 0.25) is 0 Å². The Balaban J connectivity index is 1.50. The van der Waals surface area contributed by atoms with Crippen molar-refractivity contribution in [1.29, 1.82) is 0 Å². The maximum Gasteiger partial charge on any atom is 0.416 e. The van der Waals surface area contributed by atoms with E-state index >= 15 is 0 Å². The van der Waals surface area contributed by atoms with Crippen molar-refractivity contribution in [2.24, 2.45) is 0 Å². The van der Waals surface area contributed by atoms with E-state index in [2.05, 4.69) is 17.0 Å². The molecule has 2 aromatic carbocycles. The van der Waals surface area contributed by atoms with Gasteiger partial charge in [-0.2, -0.15) is 13.2 Å². The summed E-state index contributed by atoms with van der Waals surface area (Å²) in [5.74, 6) is -0.929. The lowest BCUT2D eigenvalue weighted by molar-refractivity contribution is -0.145. The van der Waals surface area contributed by atoms with Gasteiger partial charge in [0, 0.05) is 25.0 Å². The molecule has 0 saturated carbocycles. The summed E-state index contributed by atoms with van der Waals surface area (Å²) >= 11 is 0. The topological polar surface area (TPSA) is 32.7 Å². The second kappa shape index (κ2) is 7.70. The fourth-order valence-corrected chi connectivity index (χ4v) is 4.56. The maximum absolute atomic E-state index is 14.3. The summed E-state index contributed by atoms with van der Waals surface area (Å²) in [4.78, 5) is 2.32. The summed E-state index contributed by atoms with van der Waals surface area (Å²) in [6, 6.07) is 12.5. The first-order valence-electron chi connectivity index (χ1n) is 9.69. The highest BCUT2D eigenvalue weighted by atomic mass is 19.4. The van der Waals surface area contributed by atoms with E-state index in [0.29, 0.717) is 32.1 Å². The van der Waals surface area contributed by atoms with E-state index in [-0.39, 0.29) is 24.1 Å². The Morgan fingerprint density at radius 3 is 2.28 bits per heavy atom. The van der Waals surface area contributed by atoms with Crippen LogP contribution in [-0.4, -0.2) is 40.9 Å². The Labute approximate surface area is 166 Å². The first-order chi connectivity index (χ1) is 13.7. The summed E-state index contributed by atoms with van der Waals surface area (Å²) in [6.45, 7) is 1.69. The number of nitrogens with zero attached hydrogens (tertiary/aromatic N) is 1. The predicted octanol–water partition coefficient (Wildman–Crippen LogP) is 4.18. The normalized spacial score (nSPS) is 27.8. The number of hydrogen-bond donors (Lipinski definition) is 1. The molecule has 2 aromatic rings. The number of rotatable bonds is 4. The maximum atomic E-state index is 14.3. The highest BCUT2D eigenvalue weighted by Gasteiger charge is 2.46. The van der Waals surface area contributed by atoms with Gasteiger partial charge in [-0.1, -0.05) is 36.4 Å². The minimum Gasteiger partial charge on any atom is -0.389 e. The largest absolute Gasteiger partial charge is 0.416 e. The van der Waals surface area contributed by atoms with Crippen LogP contribution >= 0.6 is 0 Å². The van der Waals surface area contributed by atoms with E-state index in [4.69, 9.17) is 4.74 Å². The number of fused-ring (bicyclic) bond motifs is 2. The Bertz CT molecular complexity index is 842. The molecule has 2 aliphatic heterocycles. The SMILES string of the molecule is OC1(Cc2ccc(C(F)(F)F)cc2F)CC2COCC(C1)N2Cc1ccccc1. The van der Waals surface area contributed by atoms with Crippen molar-refractivity contribution in [2.45, 2.75) is 49.7 Å². The zero-order valence-corrected chi connectivity index (χ0v) is 15.8. The lowest BCUT2D eigenvalue weighted by Gasteiger charge is -2.52. The van der Waals surface area contributed by atoms with Crippen molar-refractivity contribution >= 4 is 0 Å². The average Bonchev–Trinajstić information content (AvgIpc) is 2.64. The summed E-state index contributed by atoms with van der Waals surface area (Å²) in [7, 11) is 0. The number of hydrogen-bond acceptors (Lipinski definition) is 3. The lowest BCUT2D eigenvalue weighted by atomic mass is 9.77. The van der Waals surface area contributed by atoms with Gasteiger partial charge < -0.3 is 9.84 Å². The fourth-order valence-electron chi connectivity index (χ4n) is 4.56. The molecular weight excluding hydrogens is 386 g/mol. The molecule has 7 heteroatoms. The van der Waals surface area contributed by atoms with E-state index in [1.165, 1.54) is 5.56 Å². The van der Waals surface area contributed by atoms with Crippen LogP contribution < -0.4 is 0 Å². The summed E-state index contributed by atoms with van der Waals surface area (Å²) in [5.41, 5.74) is -0.916. The van der Waals surface area contributed by atoms with Crippen molar-refractivity contribution in [1.82, 2.24) is 4.90 Å². The summed E-state index contributed by atoms with van der Waals surface area (Å²) in [5, 5.41) is 11.2. The van der Waals surface area contributed by atoms with Crippen LogP contribution in [0.3, 0.4) is 0 Å². The van der Waals surface area contributed by atoms with Gasteiger partial charge in [0.15, 0.2) is 0 Å². The van der Waals surface area contributed by atoms with Crippen LogP contribution in [0, 0.1) is 5.82 Å². The molecule has 156 valence electrons.